The number of nitrogens with one attached hydrogen (secondary N) is 2. The molecule has 0 radical (unpaired) electrons. The van der Waals surface area contributed by atoms with Gasteiger partial charge in [-0.05, 0) is 37.3 Å². The number of fused-ring (bicyclic) bond motifs is 1. The molecule has 0 spiro atoms. The summed E-state index contributed by atoms with van der Waals surface area (Å²) >= 11 is 5.77. The highest BCUT2D eigenvalue weighted by Gasteiger charge is 2.17. The van der Waals surface area contributed by atoms with Crippen LogP contribution in [0, 0.1) is 6.92 Å². The highest BCUT2D eigenvalue weighted by Crippen LogP contribution is 2.24. The number of halogens is 1. The van der Waals surface area contributed by atoms with E-state index in [9.17, 15) is 9.59 Å². The Kier molecular flexibility index (Phi) is 4.90. The summed E-state index contributed by atoms with van der Waals surface area (Å²) in [7, 11) is 0. The molecule has 3 rings (SSSR count). The van der Waals surface area contributed by atoms with Crippen LogP contribution < -0.4 is 15.6 Å². The molecule has 0 unspecified atom stereocenters. The average molecular weight is 359 g/mol. The second kappa shape index (κ2) is 7.27. The van der Waals surface area contributed by atoms with Gasteiger partial charge in [-0.15, -0.1) is 0 Å². The fourth-order valence-electron chi connectivity index (χ4n) is 2.29. The van der Waals surface area contributed by atoms with Gasteiger partial charge in [0.2, 0.25) is 0 Å². The van der Waals surface area contributed by atoms with Gasteiger partial charge in [0, 0.05) is 16.0 Å². The molecule has 0 fully saturated rings. The molecule has 0 saturated heterocycles. The number of hydrogen-bond donors (Lipinski definition) is 2. The highest BCUT2D eigenvalue weighted by molar-refractivity contribution is 6.30. The quantitative estimate of drug-likeness (QED) is 0.702. The third-order valence-electron chi connectivity index (χ3n) is 3.55. The van der Waals surface area contributed by atoms with Crippen molar-refractivity contribution < 1.29 is 18.7 Å². The number of hydrogen-bond acceptors (Lipinski definition) is 4. The molecular formula is C18H15ClN2O4. The van der Waals surface area contributed by atoms with E-state index in [-0.39, 0.29) is 12.4 Å². The molecule has 0 aliphatic heterocycles. The van der Waals surface area contributed by atoms with Crippen LogP contribution >= 0.6 is 11.6 Å². The van der Waals surface area contributed by atoms with Gasteiger partial charge in [-0.25, -0.2) is 0 Å². The first-order chi connectivity index (χ1) is 12.0. The van der Waals surface area contributed by atoms with Gasteiger partial charge < -0.3 is 9.15 Å². The normalized spacial score (nSPS) is 10.5. The van der Waals surface area contributed by atoms with Gasteiger partial charge >= 0.3 is 5.91 Å². The molecule has 2 aromatic carbocycles. The van der Waals surface area contributed by atoms with Crippen LogP contribution in [0.4, 0.5) is 0 Å². The van der Waals surface area contributed by atoms with E-state index in [4.69, 9.17) is 20.8 Å². The standard InChI is InChI=1S/C18H15ClN2O4/c1-11-14-4-2-3-5-15(14)25-17(11)18(23)21-20-16(22)10-24-13-8-6-12(19)7-9-13/h2-9H,10H2,1H3,(H,20,22)(H,21,23). The monoisotopic (exact) mass is 358 g/mol. The Morgan fingerprint density at radius 1 is 1.08 bits per heavy atom. The summed E-state index contributed by atoms with van der Waals surface area (Å²) in [5, 5.41) is 1.43. The first kappa shape index (κ1) is 16.9. The van der Waals surface area contributed by atoms with Crippen molar-refractivity contribution in [3.05, 3.63) is 64.9 Å². The predicted octanol–water partition coefficient (Wildman–Crippen LogP) is 3.23. The van der Waals surface area contributed by atoms with Gasteiger partial charge in [0.05, 0.1) is 0 Å². The van der Waals surface area contributed by atoms with Crippen LogP contribution in [-0.4, -0.2) is 18.4 Å². The van der Waals surface area contributed by atoms with E-state index in [1.807, 2.05) is 18.2 Å². The first-order valence-corrected chi connectivity index (χ1v) is 7.88. The van der Waals surface area contributed by atoms with E-state index in [1.165, 1.54) is 0 Å². The Bertz CT molecular complexity index is 918. The number of carbonyl (C=O) groups is 2. The highest BCUT2D eigenvalue weighted by atomic mass is 35.5. The summed E-state index contributed by atoms with van der Waals surface area (Å²) in [6.45, 7) is 1.53. The maximum atomic E-state index is 12.2. The van der Waals surface area contributed by atoms with Gasteiger partial charge in [0.25, 0.3) is 5.91 Å². The predicted molar refractivity (Wildman–Crippen MR) is 93.5 cm³/mol. The summed E-state index contributed by atoms with van der Waals surface area (Å²) in [4.78, 5) is 23.9. The smallest absolute Gasteiger partial charge is 0.305 e. The number of aryl methyl sites for hydroxylation is 1. The molecule has 0 atom stereocenters. The Balaban J connectivity index is 1.55. The van der Waals surface area contributed by atoms with Crippen LogP contribution in [0.2, 0.25) is 5.02 Å². The van der Waals surface area contributed by atoms with Crippen molar-refractivity contribution in [1.82, 2.24) is 10.9 Å². The lowest BCUT2D eigenvalue weighted by Crippen LogP contribution is -2.43. The van der Waals surface area contributed by atoms with E-state index in [2.05, 4.69) is 10.9 Å². The van der Waals surface area contributed by atoms with Crippen molar-refractivity contribution in [3.8, 4) is 5.75 Å². The maximum absolute atomic E-state index is 12.2. The fourth-order valence-corrected chi connectivity index (χ4v) is 2.42. The summed E-state index contributed by atoms with van der Waals surface area (Å²) in [5.74, 6) is -0.385. The number of amides is 2. The lowest BCUT2D eigenvalue weighted by atomic mass is 10.1. The van der Waals surface area contributed by atoms with E-state index in [1.54, 1.807) is 37.3 Å². The van der Waals surface area contributed by atoms with Crippen molar-refractivity contribution >= 4 is 34.4 Å². The van der Waals surface area contributed by atoms with Crippen LogP contribution in [0.5, 0.6) is 5.75 Å². The SMILES string of the molecule is Cc1c(C(=O)NNC(=O)COc2ccc(Cl)cc2)oc2ccccc12. The molecule has 3 aromatic rings. The lowest BCUT2D eigenvalue weighted by molar-refractivity contribution is -0.123. The molecule has 2 N–H and O–H groups in total. The van der Waals surface area contributed by atoms with Crippen LogP contribution in [0.15, 0.2) is 52.9 Å². The Morgan fingerprint density at radius 2 is 1.80 bits per heavy atom. The van der Waals surface area contributed by atoms with Crippen LogP contribution in [0.25, 0.3) is 11.0 Å². The van der Waals surface area contributed by atoms with Gasteiger partial charge in [-0.3, -0.25) is 20.4 Å². The number of furan rings is 1. The van der Waals surface area contributed by atoms with Gasteiger partial charge in [-0.1, -0.05) is 29.8 Å². The van der Waals surface area contributed by atoms with Crippen molar-refractivity contribution in [1.29, 1.82) is 0 Å². The third-order valence-corrected chi connectivity index (χ3v) is 3.80. The zero-order valence-electron chi connectivity index (χ0n) is 13.3. The van der Waals surface area contributed by atoms with Crippen LogP contribution in [0.1, 0.15) is 16.1 Å². The van der Waals surface area contributed by atoms with Crippen LogP contribution in [0.3, 0.4) is 0 Å². The van der Waals surface area contributed by atoms with Gasteiger partial charge in [-0.2, -0.15) is 0 Å². The Hall–Kier alpha value is -2.99. The first-order valence-electron chi connectivity index (χ1n) is 7.50. The van der Waals surface area contributed by atoms with E-state index >= 15 is 0 Å². The molecule has 2 amide bonds. The molecule has 0 aliphatic rings. The van der Waals surface area contributed by atoms with E-state index < -0.39 is 11.8 Å². The maximum Gasteiger partial charge on any atom is 0.305 e. The number of rotatable bonds is 4. The van der Waals surface area contributed by atoms with Crippen LogP contribution in [-0.2, 0) is 4.79 Å². The number of ether oxygens (including phenoxy) is 1. The molecule has 7 heteroatoms. The number of benzene rings is 2. The summed E-state index contributed by atoms with van der Waals surface area (Å²) in [5.41, 5.74) is 5.92. The summed E-state index contributed by atoms with van der Waals surface area (Å²) in [6, 6.07) is 13.9. The second-order valence-electron chi connectivity index (χ2n) is 5.30. The van der Waals surface area contributed by atoms with Crippen molar-refractivity contribution in [2.45, 2.75) is 6.92 Å². The van der Waals surface area contributed by atoms with Gasteiger partial charge in [0.15, 0.2) is 12.4 Å². The topological polar surface area (TPSA) is 80.6 Å². The second-order valence-corrected chi connectivity index (χ2v) is 5.73. The molecule has 25 heavy (non-hydrogen) atoms. The number of para-hydroxylation sites is 1. The molecule has 1 heterocycles. The minimum atomic E-state index is -0.534. The van der Waals surface area contributed by atoms with E-state index in [0.29, 0.717) is 21.9 Å². The summed E-state index contributed by atoms with van der Waals surface area (Å²) < 4.78 is 10.8. The molecule has 128 valence electrons. The lowest BCUT2D eigenvalue weighted by Gasteiger charge is -2.08. The number of hydrazine groups is 1. The molecule has 0 bridgehead atoms. The molecule has 0 aliphatic carbocycles. The average Bonchev–Trinajstić information content (AvgIpc) is 2.96. The molecular weight excluding hydrogens is 344 g/mol. The molecule has 1 aromatic heterocycles. The Labute approximate surface area is 148 Å². The largest absolute Gasteiger partial charge is 0.484 e. The van der Waals surface area contributed by atoms with E-state index in [0.717, 1.165) is 5.39 Å². The third kappa shape index (κ3) is 3.92. The number of carbonyl (C=O) groups excluding carboxylic acids is 2. The van der Waals surface area contributed by atoms with Crippen molar-refractivity contribution in [3.63, 3.8) is 0 Å². The minimum Gasteiger partial charge on any atom is -0.484 e. The minimum absolute atomic E-state index is 0.153. The summed E-state index contributed by atoms with van der Waals surface area (Å²) in [6.07, 6.45) is 0. The van der Waals surface area contributed by atoms with Crippen molar-refractivity contribution in [2.75, 3.05) is 6.61 Å². The molecule has 6 nitrogen and oxygen atoms in total. The zero-order chi connectivity index (χ0) is 17.8. The Morgan fingerprint density at radius 3 is 2.52 bits per heavy atom. The fraction of sp³-hybridized carbons (Fsp3) is 0.111. The molecule has 0 saturated carbocycles. The zero-order valence-corrected chi connectivity index (χ0v) is 14.1. The van der Waals surface area contributed by atoms with Crippen molar-refractivity contribution in [2.24, 2.45) is 0 Å². The van der Waals surface area contributed by atoms with Gasteiger partial charge in [0.1, 0.15) is 11.3 Å².